The Bertz CT molecular complexity index is 678. The van der Waals surface area contributed by atoms with Gasteiger partial charge in [0.15, 0.2) is 11.5 Å². The van der Waals surface area contributed by atoms with Gasteiger partial charge in [-0.1, -0.05) is 30.3 Å². The summed E-state index contributed by atoms with van der Waals surface area (Å²) in [7, 11) is 0. The molecule has 0 bridgehead atoms. The number of rotatable bonds is 5. The second-order valence-corrected chi connectivity index (χ2v) is 6.32. The van der Waals surface area contributed by atoms with E-state index in [1.54, 1.807) is 0 Å². The second kappa shape index (κ2) is 7.24. The molecule has 0 radical (unpaired) electrons. The lowest BCUT2D eigenvalue weighted by Crippen LogP contribution is -2.36. The first-order valence-electron chi connectivity index (χ1n) is 8.67. The SMILES string of the molecule is c1cc(-c2ccc3c(c2)OCO3)ccc1CCCN1CCOCC1. The smallest absolute Gasteiger partial charge is 0.231 e. The number of hydrogen-bond acceptors (Lipinski definition) is 4. The topological polar surface area (TPSA) is 30.9 Å². The summed E-state index contributed by atoms with van der Waals surface area (Å²) in [4.78, 5) is 2.49. The maximum Gasteiger partial charge on any atom is 0.231 e. The van der Waals surface area contributed by atoms with Crippen LogP contribution in [0.15, 0.2) is 42.5 Å². The van der Waals surface area contributed by atoms with Gasteiger partial charge in [-0.25, -0.2) is 0 Å². The Morgan fingerprint density at radius 1 is 0.833 bits per heavy atom. The molecular formula is C20H23NO3. The molecule has 0 N–H and O–H groups in total. The quantitative estimate of drug-likeness (QED) is 0.843. The van der Waals surface area contributed by atoms with Crippen molar-refractivity contribution in [3.8, 4) is 22.6 Å². The minimum Gasteiger partial charge on any atom is -0.454 e. The molecule has 2 aromatic rings. The van der Waals surface area contributed by atoms with Crippen LogP contribution in [0.5, 0.6) is 11.5 Å². The predicted molar refractivity (Wildman–Crippen MR) is 93.6 cm³/mol. The highest BCUT2D eigenvalue weighted by molar-refractivity contribution is 5.67. The van der Waals surface area contributed by atoms with Crippen LogP contribution >= 0.6 is 0 Å². The summed E-state index contributed by atoms with van der Waals surface area (Å²) in [5.41, 5.74) is 3.78. The van der Waals surface area contributed by atoms with Crippen molar-refractivity contribution in [2.45, 2.75) is 12.8 Å². The van der Waals surface area contributed by atoms with Crippen LogP contribution in [0.2, 0.25) is 0 Å². The molecule has 1 saturated heterocycles. The molecule has 0 amide bonds. The fourth-order valence-corrected chi connectivity index (χ4v) is 3.27. The predicted octanol–water partition coefficient (Wildman–Crippen LogP) is 3.35. The van der Waals surface area contributed by atoms with E-state index in [0.29, 0.717) is 6.79 Å². The third-order valence-electron chi connectivity index (χ3n) is 4.70. The van der Waals surface area contributed by atoms with E-state index in [1.807, 2.05) is 6.07 Å². The normalized spacial score (nSPS) is 17.2. The van der Waals surface area contributed by atoms with Crippen molar-refractivity contribution in [2.75, 3.05) is 39.6 Å². The summed E-state index contributed by atoms with van der Waals surface area (Å²) >= 11 is 0. The molecule has 0 unspecified atom stereocenters. The van der Waals surface area contributed by atoms with E-state index in [-0.39, 0.29) is 0 Å². The molecule has 4 heteroatoms. The summed E-state index contributed by atoms with van der Waals surface area (Å²) < 4.78 is 16.2. The number of fused-ring (bicyclic) bond motifs is 1. The van der Waals surface area contributed by atoms with E-state index < -0.39 is 0 Å². The van der Waals surface area contributed by atoms with E-state index in [1.165, 1.54) is 23.1 Å². The van der Waals surface area contributed by atoms with Crippen LogP contribution in [0.4, 0.5) is 0 Å². The third-order valence-corrected chi connectivity index (χ3v) is 4.70. The van der Waals surface area contributed by atoms with Gasteiger partial charge < -0.3 is 14.2 Å². The van der Waals surface area contributed by atoms with Crippen LogP contribution in [0.25, 0.3) is 11.1 Å². The first-order chi connectivity index (χ1) is 11.9. The number of morpholine rings is 1. The Labute approximate surface area is 142 Å². The molecule has 2 aliphatic heterocycles. The molecule has 0 aromatic heterocycles. The minimum atomic E-state index is 0.320. The maximum atomic E-state index is 5.46. The number of hydrogen-bond donors (Lipinski definition) is 0. The van der Waals surface area contributed by atoms with Crippen molar-refractivity contribution < 1.29 is 14.2 Å². The van der Waals surface area contributed by atoms with Gasteiger partial charge in [-0.2, -0.15) is 0 Å². The molecule has 0 aliphatic carbocycles. The van der Waals surface area contributed by atoms with Crippen molar-refractivity contribution >= 4 is 0 Å². The number of benzene rings is 2. The second-order valence-electron chi connectivity index (χ2n) is 6.32. The van der Waals surface area contributed by atoms with Crippen molar-refractivity contribution in [2.24, 2.45) is 0 Å². The van der Waals surface area contributed by atoms with Crippen molar-refractivity contribution in [1.29, 1.82) is 0 Å². The highest BCUT2D eigenvalue weighted by Crippen LogP contribution is 2.35. The molecular weight excluding hydrogens is 302 g/mol. The fourth-order valence-electron chi connectivity index (χ4n) is 3.27. The van der Waals surface area contributed by atoms with E-state index in [0.717, 1.165) is 50.8 Å². The molecule has 126 valence electrons. The first-order valence-corrected chi connectivity index (χ1v) is 8.67. The Balaban J connectivity index is 1.34. The molecule has 0 spiro atoms. The zero-order valence-corrected chi connectivity index (χ0v) is 13.9. The lowest BCUT2D eigenvalue weighted by atomic mass is 10.0. The van der Waals surface area contributed by atoms with Crippen molar-refractivity contribution in [3.63, 3.8) is 0 Å². The zero-order valence-electron chi connectivity index (χ0n) is 13.9. The van der Waals surface area contributed by atoms with Gasteiger partial charge in [-0.15, -0.1) is 0 Å². The monoisotopic (exact) mass is 325 g/mol. The Hall–Kier alpha value is -2.04. The molecule has 24 heavy (non-hydrogen) atoms. The summed E-state index contributed by atoms with van der Waals surface area (Å²) in [6.07, 6.45) is 2.32. The Kier molecular flexibility index (Phi) is 4.67. The van der Waals surface area contributed by atoms with E-state index >= 15 is 0 Å². The van der Waals surface area contributed by atoms with Crippen LogP contribution in [0, 0.1) is 0 Å². The van der Waals surface area contributed by atoms with Crippen molar-refractivity contribution in [3.05, 3.63) is 48.0 Å². The summed E-state index contributed by atoms with van der Waals surface area (Å²) in [5.74, 6) is 1.67. The molecule has 1 fully saturated rings. The highest BCUT2D eigenvalue weighted by atomic mass is 16.7. The van der Waals surface area contributed by atoms with Crippen LogP contribution in [-0.2, 0) is 11.2 Å². The Morgan fingerprint density at radius 2 is 1.58 bits per heavy atom. The van der Waals surface area contributed by atoms with Gasteiger partial charge in [-0.3, -0.25) is 4.90 Å². The van der Waals surface area contributed by atoms with Gasteiger partial charge in [0.05, 0.1) is 13.2 Å². The van der Waals surface area contributed by atoms with Gasteiger partial charge in [0.1, 0.15) is 0 Å². The number of nitrogens with zero attached hydrogens (tertiary/aromatic N) is 1. The zero-order chi connectivity index (χ0) is 16.2. The maximum absolute atomic E-state index is 5.46. The number of ether oxygens (including phenoxy) is 3. The molecule has 0 saturated carbocycles. The Morgan fingerprint density at radius 3 is 2.42 bits per heavy atom. The largest absolute Gasteiger partial charge is 0.454 e. The van der Waals surface area contributed by atoms with E-state index in [2.05, 4.69) is 41.3 Å². The van der Waals surface area contributed by atoms with E-state index in [9.17, 15) is 0 Å². The average molecular weight is 325 g/mol. The molecule has 4 rings (SSSR count). The van der Waals surface area contributed by atoms with Gasteiger partial charge >= 0.3 is 0 Å². The summed E-state index contributed by atoms with van der Waals surface area (Å²) in [6, 6.07) is 15.0. The van der Waals surface area contributed by atoms with Gasteiger partial charge in [-0.05, 0) is 48.2 Å². The fraction of sp³-hybridized carbons (Fsp3) is 0.400. The highest BCUT2D eigenvalue weighted by Gasteiger charge is 2.14. The lowest BCUT2D eigenvalue weighted by Gasteiger charge is -2.26. The van der Waals surface area contributed by atoms with Crippen molar-refractivity contribution in [1.82, 2.24) is 4.90 Å². The molecule has 2 aromatic carbocycles. The van der Waals surface area contributed by atoms with E-state index in [4.69, 9.17) is 14.2 Å². The van der Waals surface area contributed by atoms with Crippen LogP contribution in [-0.4, -0.2) is 44.5 Å². The molecule has 2 aliphatic rings. The average Bonchev–Trinajstić information content (AvgIpc) is 3.11. The van der Waals surface area contributed by atoms with Gasteiger partial charge in [0.2, 0.25) is 6.79 Å². The molecule has 2 heterocycles. The molecule has 4 nitrogen and oxygen atoms in total. The third kappa shape index (κ3) is 3.55. The molecule has 0 atom stereocenters. The minimum absolute atomic E-state index is 0.320. The van der Waals surface area contributed by atoms with Gasteiger partial charge in [0, 0.05) is 13.1 Å². The lowest BCUT2D eigenvalue weighted by molar-refractivity contribution is 0.0375. The standard InChI is InChI=1S/C20H23NO3/c1(9-21-10-12-22-13-11-21)2-16-3-5-17(6-4-16)18-7-8-19-20(14-18)24-15-23-19/h3-8,14H,1-2,9-13,15H2. The first kappa shape index (κ1) is 15.5. The summed E-state index contributed by atoms with van der Waals surface area (Å²) in [5, 5.41) is 0. The summed E-state index contributed by atoms with van der Waals surface area (Å²) in [6.45, 7) is 5.38. The number of aryl methyl sites for hydroxylation is 1. The van der Waals surface area contributed by atoms with Gasteiger partial charge in [0.25, 0.3) is 0 Å². The van der Waals surface area contributed by atoms with Crippen LogP contribution in [0.3, 0.4) is 0 Å². The van der Waals surface area contributed by atoms with Crippen LogP contribution in [0.1, 0.15) is 12.0 Å². The van der Waals surface area contributed by atoms with Crippen LogP contribution < -0.4 is 9.47 Å².